The number of aliphatic hydroxyl groups excluding tert-OH is 2. The Bertz CT molecular complexity index is 679. The second kappa shape index (κ2) is 10.8. The summed E-state index contributed by atoms with van der Waals surface area (Å²) in [6, 6.07) is 0. The Morgan fingerprint density at radius 1 is 1.08 bits per heavy atom. The highest BCUT2D eigenvalue weighted by Gasteiger charge is 2.15. The molecule has 0 fully saturated rings. The van der Waals surface area contributed by atoms with Crippen molar-refractivity contribution in [2.24, 2.45) is 0 Å². The lowest BCUT2D eigenvalue weighted by atomic mass is 10.3. The second-order valence-corrected chi connectivity index (χ2v) is 5.62. The predicted molar refractivity (Wildman–Crippen MR) is 93.7 cm³/mol. The van der Waals surface area contributed by atoms with Gasteiger partial charge in [0.2, 0.25) is 0 Å². The fraction of sp³-hybridized carbons (Fsp3) is 0.529. The van der Waals surface area contributed by atoms with Crippen LogP contribution in [0.25, 0.3) is 0 Å². The van der Waals surface area contributed by atoms with Gasteiger partial charge in [-0.2, -0.15) is 0 Å². The summed E-state index contributed by atoms with van der Waals surface area (Å²) in [5.41, 5.74) is -0.763. The van der Waals surface area contributed by atoms with Gasteiger partial charge in [0, 0.05) is 11.8 Å². The van der Waals surface area contributed by atoms with Crippen LogP contribution in [-0.4, -0.2) is 58.0 Å². The van der Waals surface area contributed by atoms with Crippen molar-refractivity contribution in [1.29, 1.82) is 0 Å². The smallest absolute Gasteiger partial charge is 0.331 e. The SMILES string of the molecule is C=CCOCC(O)Cn1cc(C)c(=O)n(CC(O)COCC=C)c1=O. The Hall–Kier alpha value is -2.00. The lowest BCUT2D eigenvalue weighted by Crippen LogP contribution is -2.45. The van der Waals surface area contributed by atoms with Gasteiger partial charge in [-0.15, -0.1) is 13.2 Å². The third-order valence-corrected chi connectivity index (χ3v) is 3.30. The lowest BCUT2D eigenvalue weighted by Gasteiger charge is -2.17. The Kier molecular flexibility index (Phi) is 9.07. The minimum atomic E-state index is -1.01. The van der Waals surface area contributed by atoms with Crippen LogP contribution in [0.1, 0.15) is 5.56 Å². The number of ether oxygens (including phenoxy) is 2. The number of rotatable bonds is 12. The van der Waals surface area contributed by atoms with Gasteiger partial charge in [-0.05, 0) is 6.92 Å². The minimum absolute atomic E-state index is 0.0239. The molecule has 140 valence electrons. The van der Waals surface area contributed by atoms with Gasteiger partial charge in [-0.1, -0.05) is 12.2 Å². The molecule has 0 amide bonds. The van der Waals surface area contributed by atoms with Crippen molar-refractivity contribution in [3.8, 4) is 0 Å². The maximum Gasteiger partial charge on any atom is 0.331 e. The zero-order valence-corrected chi connectivity index (χ0v) is 14.5. The molecule has 0 aromatic carbocycles. The molecule has 1 aromatic heterocycles. The molecule has 1 rings (SSSR count). The van der Waals surface area contributed by atoms with Crippen molar-refractivity contribution in [2.75, 3.05) is 26.4 Å². The molecule has 0 aliphatic carbocycles. The first kappa shape index (κ1) is 21.0. The van der Waals surface area contributed by atoms with E-state index in [-0.39, 0.29) is 32.9 Å². The summed E-state index contributed by atoms with van der Waals surface area (Å²) in [5.74, 6) is 0. The van der Waals surface area contributed by atoms with Crippen LogP contribution in [0.15, 0.2) is 41.1 Å². The van der Waals surface area contributed by atoms with Gasteiger partial charge >= 0.3 is 5.69 Å². The molecule has 1 heterocycles. The number of aryl methyl sites for hydroxylation is 1. The summed E-state index contributed by atoms with van der Waals surface area (Å²) >= 11 is 0. The second-order valence-electron chi connectivity index (χ2n) is 5.62. The van der Waals surface area contributed by atoms with Gasteiger partial charge in [-0.25, -0.2) is 4.79 Å². The minimum Gasteiger partial charge on any atom is -0.389 e. The fourth-order valence-corrected chi connectivity index (χ4v) is 2.21. The average molecular weight is 354 g/mol. The maximum absolute atomic E-state index is 12.5. The molecule has 0 saturated heterocycles. The molecule has 0 saturated carbocycles. The first-order valence-electron chi connectivity index (χ1n) is 7.95. The monoisotopic (exact) mass is 354 g/mol. The third-order valence-electron chi connectivity index (χ3n) is 3.30. The molecule has 2 unspecified atom stereocenters. The zero-order chi connectivity index (χ0) is 18.8. The molecule has 0 radical (unpaired) electrons. The molecule has 1 aromatic rings. The van der Waals surface area contributed by atoms with Crippen LogP contribution in [0.5, 0.6) is 0 Å². The predicted octanol–water partition coefficient (Wildman–Crippen LogP) is -0.555. The van der Waals surface area contributed by atoms with Gasteiger partial charge in [0.25, 0.3) is 5.56 Å². The Morgan fingerprint density at radius 2 is 1.60 bits per heavy atom. The van der Waals surface area contributed by atoms with Crippen LogP contribution in [0.2, 0.25) is 0 Å². The summed E-state index contributed by atoms with van der Waals surface area (Å²) in [7, 11) is 0. The first-order valence-corrected chi connectivity index (χ1v) is 7.95. The van der Waals surface area contributed by atoms with Crippen LogP contribution in [0.3, 0.4) is 0 Å². The summed E-state index contributed by atoms with van der Waals surface area (Å²) < 4.78 is 12.4. The topological polar surface area (TPSA) is 103 Å². The van der Waals surface area contributed by atoms with E-state index < -0.39 is 23.5 Å². The highest BCUT2D eigenvalue weighted by molar-refractivity contribution is 5.03. The highest BCUT2D eigenvalue weighted by atomic mass is 16.5. The first-order chi connectivity index (χ1) is 11.9. The molecular formula is C17H26N2O6. The lowest BCUT2D eigenvalue weighted by molar-refractivity contribution is 0.0343. The molecule has 8 heteroatoms. The van der Waals surface area contributed by atoms with Crippen molar-refractivity contribution < 1.29 is 19.7 Å². The summed E-state index contributed by atoms with van der Waals surface area (Å²) in [6.07, 6.45) is 2.55. The van der Waals surface area contributed by atoms with Crippen molar-refractivity contribution in [2.45, 2.75) is 32.2 Å². The molecule has 0 aliphatic heterocycles. The number of aliphatic hydroxyl groups is 2. The quantitative estimate of drug-likeness (QED) is 0.385. The van der Waals surface area contributed by atoms with E-state index in [0.29, 0.717) is 12.2 Å². The van der Waals surface area contributed by atoms with Crippen molar-refractivity contribution >= 4 is 0 Å². The fourth-order valence-electron chi connectivity index (χ4n) is 2.21. The van der Waals surface area contributed by atoms with Crippen molar-refractivity contribution in [1.82, 2.24) is 9.13 Å². The third kappa shape index (κ3) is 6.79. The standard InChI is InChI=1S/C17H26N2O6/c1-4-6-24-11-14(20)9-18-8-13(3)16(22)19(17(18)23)10-15(21)12-25-7-5-2/h4-5,8,14-15,20-21H,1-2,6-7,9-12H2,3H3. The number of hydrogen-bond acceptors (Lipinski definition) is 6. The van der Waals surface area contributed by atoms with E-state index in [4.69, 9.17) is 9.47 Å². The van der Waals surface area contributed by atoms with E-state index in [1.165, 1.54) is 16.8 Å². The molecule has 0 bridgehead atoms. The van der Waals surface area contributed by atoms with E-state index in [0.717, 1.165) is 4.57 Å². The Morgan fingerprint density at radius 3 is 2.12 bits per heavy atom. The summed E-state index contributed by atoms with van der Waals surface area (Å²) in [5, 5.41) is 19.9. The molecule has 0 aliphatic rings. The van der Waals surface area contributed by atoms with Gasteiger partial charge in [0.05, 0.1) is 51.7 Å². The summed E-state index contributed by atoms with van der Waals surface area (Å²) in [6.45, 7) is 8.91. The molecule has 0 spiro atoms. The number of hydrogen-bond donors (Lipinski definition) is 2. The maximum atomic E-state index is 12.5. The van der Waals surface area contributed by atoms with E-state index in [9.17, 15) is 19.8 Å². The highest BCUT2D eigenvalue weighted by Crippen LogP contribution is 1.95. The van der Waals surface area contributed by atoms with Crippen molar-refractivity contribution in [3.05, 3.63) is 57.9 Å². The zero-order valence-electron chi connectivity index (χ0n) is 14.5. The Labute approximate surface area is 146 Å². The van der Waals surface area contributed by atoms with Crippen molar-refractivity contribution in [3.63, 3.8) is 0 Å². The molecule has 2 N–H and O–H groups in total. The van der Waals surface area contributed by atoms with E-state index >= 15 is 0 Å². The number of aromatic nitrogens is 2. The molecule has 25 heavy (non-hydrogen) atoms. The van der Waals surface area contributed by atoms with Gasteiger partial charge in [-0.3, -0.25) is 13.9 Å². The number of nitrogens with zero attached hydrogens (tertiary/aromatic N) is 2. The normalized spacial score (nSPS) is 13.4. The van der Waals surface area contributed by atoms with Crippen LogP contribution in [0, 0.1) is 6.92 Å². The van der Waals surface area contributed by atoms with E-state index in [1.807, 2.05) is 0 Å². The Balaban J connectivity index is 2.90. The van der Waals surface area contributed by atoms with Crippen LogP contribution < -0.4 is 11.2 Å². The largest absolute Gasteiger partial charge is 0.389 e. The molecule has 8 nitrogen and oxygen atoms in total. The van der Waals surface area contributed by atoms with Crippen LogP contribution >= 0.6 is 0 Å². The summed E-state index contributed by atoms with van der Waals surface area (Å²) in [4.78, 5) is 24.6. The van der Waals surface area contributed by atoms with Crippen LogP contribution in [-0.2, 0) is 22.6 Å². The van der Waals surface area contributed by atoms with E-state index in [1.54, 1.807) is 13.0 Å². The van der Waals surface area contributed by atoms with Gasteiger partial charge in [0.15, 0.2) is 0 Å². The van der Waals surface area contributed by atoms with Gasteiger partial charge < -0.3 is 19.7 Å². The molecular weight excluding hydrogens is 328 g/mol. The molecule has 2 atom stereocenters. The van der Waals surface area contributed by atoms with Crippen LogP contribution in [0.4, 0.5) is 0 Å². The average Bonchev–Trinajstić information content (AvgIpc) is 2.57. The van der Waals surface area contributed by atoms with E-state index in [2.05, 4.69) is 13.2 Å². The van der Waals surface area contributed by atoms with Gasteiger partial charge in [0.1, 0.15) is 0 Å².